The van der Waals surface area contributed by atoms with Crippen LogP contribution in [0.4, 0.5) is 0 Å². The second-order valence-electron chi connectivity index (χ2n) is 5.53. The molecule has 0 unspecified atom stereocenters. The highest BCUT2D eigenvalue weighted by atomic mass is 15.2. The number of piperazine rings is 1. The summed E-state index contributed by atoms with van der Waals surface area (Å²) in [7, 11) is 0. The first-order valence-corrected chi connectivity index (χ1v) is 7.26. The molecule has 3 rings (SSSR count). The van der Waals surface area contributed by atoms with Crippen LogP contribution in [0.25, 0.3) is 11.1 Å². The molecule has 2 aromatic rings. The normalized spacial score (nSPS) is 19.9. The van der Waals surface area contributed by atoms with Crippen molar-refractivity contribution in [3.8, 4) is 11.1 Å². The van der Waals surface area contributed by atoms with Crippen LogP contribution in [0.5, 0.6) is 0 Å². The maximum atomic E-state index is 4.08. The molecule has 0 saturated carbocycles. The fraction of sp³-hybridized carbons (Fsp3) is 0.353. The lowest BCUT2D eigenvalue weighted by molar-refractivity contribution is 0.199. The minimum Gasteiger partial charge on any atom is -0.312 e. The summed E-state index contributed by atoms with van der Waals surface area (Å²) in [5.41, 5.74) is 3.89. The van der Waals surface area contributed by atoms with Crippen molar-refractivity contribution in [3.63, 3.8) is 0 Å². The molecule has 0 bridgehead atoms. The van der Waals surface area contributed by atoms with Crippen LogP contribution < -0.4 is 5.32 Å². The van der Waals surface area contributed by atoms with Gasteiger partial charge in [0.2, 0.25) is 0 Å². The number of hydrogen-bond acceptors (Lipinski definition) is 3. The van der Waals surface area contributed by atoms with Gasteiger partial charge >= 0.3 is 0 Å². The fourth-order valence-electron chi connectivity index (χ4n) is 2.81. The Morgan fingerprint density at radius 2 is 2.05 bits per heavy atom. The van der Waals surface area contributed by atoms with Crippen molar-refractivity contribution in [1.82, 2.24) is 15.2 Å². The quantitative estimate of drug-likeness (QED) is 0.926. The molecule has 1 aromatic carbocycles. The largest absolute Gasteiger partial charge is 0.312 e. The molecule has 20 heavy (non-hydrogen) atoms. The average Bonchev–Trinajstić information content (AvgIpc) is 2.48. The molecule has 0 aliphatic carbocycles. The van der Waals surface area contributed by atoms with Gasteiger partial charge in [-0.15, -0.1) is 0 Å². The maximum absolute atomic E-state index is 4.08. The molecule has 1 fully saturated rings. The zero-order chi connectivity index (χ0) is 13.8. The Kier molecular flexibility index (Phi) is 4.09. The summed E-state index contributed by atoms with van der Waals surface area (Å²) < 4.78 is 0. The van der Waals surface area contributed by atoms with Crippen molar-refractivity contribution < 1.29 is 0 Å². The van der Waals surface area contributed by atoms with Gasteiger partial charge in [0.25, 0.3) is 0 Å². The summed E-state index contributed by atoms with van der Waals surface area (Å²) in [6.45, 7) is 6.62. The summed E-state index contributed by atoms with van der Waals surface area (Å²) in [4.78, 5) is 6.60. The molecule has 1 aromatic heterocycles. The smallest absolute Gasteiger partial charge is 0.0273 e. The van der Waals surface area contributed by atoms with Crippen LogP contribution in [0.2, 0.25) is 0 Å². The molecule has 1 aliphatic rings. The first-order valence-electron chi connectivity index (χ1n) is 7.26. The van der Waals surface area contributed by atoms with E-state index in [0.717, 1.165) is 26.2 Å². The predicted molar refractivity (Wildman–Crippen MR) is 82.4 cm³/mol. The van der Waals surface area contributed by atoms with Crippen molar-refractivity contribution >= 4 is 0 Å². The van der Waals surface area contributed by atoms with Crippen LogP contribution in [-0.2, 0) is 6.54 Å². The molecule has 104 valence electrons. The van der Waals surface area contributed by atoms with Gasteiger partial charge in [-0.05, 0) is 41.8 Å². The molecule has 2 heterocycles. The third-order valence-electron chi connectivity index (χ3n) is 3.80. The zero-order valence-corrected chi connectivity index (χ0v) is 11.9. The molecule has 0 spiro atoms. The van der Waals surface area contributed by atoms with Crippen molar-refractivity contribution in [1.29, 1.82) is 0 Å². The molecule has 3 heteroatoms. The van der Waals surface area contributed by atoms with Gasteiger partial charge in [0.05, 0.1) is 0 Å². The molecule has 0 radical (unpaired) electrons. The number of nitrogens with one attached hydrogen (secondary N) is 1. The van der Waals surface area contributed by atoms with Crippen LogP contribution >= 0.6 is 0 Å². The second-order valence-corrected chi connectivity index (χ2v) is 5.53. The highest BCUT2D eigenvalue weighted by Gasteiger charge is 2.15. The van der Waals surface area contributed by atoms with Gasteiger partial charge in [-0.1, -0.05) is 18.2 Å². The first kappa shape index (κ1) is 13.3. The molecular formula is C17H21N3. The highest BCUT2D eigenvalue weighted by Crippen LogP contribution is 2.20. The van der Waals surface area contributed by atoms with Crippen molar-refractivity contribution in [2.24, 2.45) is 0 Å². The van der Waals surface area contributed by atoms with E-state index < -0.39 is 0 Å². The van der Waals surface area contributed by atoms with Gasteiger partial charge in [-0.25, -0.2) is 0 Å². The Hall–Kier alpha value is -1.71. The van der Waals surface area contributed by atoms with E-state index in [1.54, 1.807) is 0 Å². The van der Waals surface area contributed by atoms with Crippen LogP contribution in [0.1, 0.15) is 12.5 Å². The topological polar surface area (TPSA) is 28.2 Å². The first-order chi connectivity index (χ1) is 9.81. The third kappa shape index (κ3) is 3.24. The Morgan fingerprint density at radius 1 is 1.20 bits per heavy atom. The van der Waals surface area contributed by atoms with E-state index in [0.29, 0.717) is 6.04 Å². The molecular weight excluding hydrogens is 246 g/mol. The number of nitrogens with zero attached hydrogens (tertiary/aromatic N) is 2. The summed E-state index contributed by atoms with van der Waals surface area (Å²) in [6, 6.07) is 13.5. The number of hydrogen-bond donors (Lipinski definition) is 1. The van der Waals surface area contributed by atoms with E-state index in [-0.39, 0.29) is 0 Å². The van der Waals surface area contributed by atoms with Gasteiger partial charge in [0, 0.05) is 44.6 Å². The monoisotopic (exact) mass is 267 g/mol. The summed E-state index contributed by atoms with van der Waals surface area (Å²) in [5, 5.41) is 3.49. The van der Waals surface area contributed by atoms with Crippen LogP contribution in [-0.4, -0.2) is 35.6 Å². The Morgan fingerprint density at radius 3 is 2.85 bits per heavy atom. The Balaban J connectivity index is 1.74. The minimum absolute atomic E-state index is 0.590. The van der Waals surface area contributed by atoms with Gasteiger partial charge in [-0.3, -0.25) is 9.88 Å². The lowest BCUT2D eigenvalue weighted by Crippen LogP contribution is -2.48. The lowest BCUT2D eigenvalue weighted by atomic mass is 10.0. The highest BCUT2D eigenvalue weighted by molar-refractivity contribution is 5.63. The van der Waals surface area contributed by atoms with Gasteiger partial charge in [0.15, 0.2) is 0 Å². The number of aromatic nitrogens is 1. The van der Waals surface area contributed by atoms with E-state index in [9.17, 15) is 0 Å². The van der Waals surface area contributed by atoms with E-state index in [1.165, 1.54) is 16.7 Å². The fourth-order valence-corrected chi connectivity index (χ4v) is 2.81. The SMILES string of the molecule is C[C@@H]1CN(Cc2cccc(-c3ccncc3)c2)CCN1. The molecule has 3 nitrogen and oxygen atoms in total. The van der Waals surface area contributed by atoms with E-state index in [1.807, 2.05) is 12.4 Å². The van der Waals surface area contributed by atoms with E-state index in [4.69, 9.17) is 0 Å². The Bertz CT molecular complexity index is 553. The summed E-state index contributed by atoms with van der Waals surface area (Å²) >= 11 is 0. The predicted octanol–water partition coefficient (Wildman–Crippen LogP) is 2.54. The number of benzene rings is 1. The van der Waals surface area contributed by atoms with Gasteiger partial charge in [0.1, 0.15) is 0 Å². The molecule has 1 N–H and O–H groups in total. The van der Waals surface area contributed by atoms with Gasteiger partial charge in [-0.2, -0.15) is 0 Å². The van der Waals surface area contributed by atoms with Crippen LogP contribution in [0, 0.1) is 0 Å². The summed E-state index contributed by atoms with van der Waals surface area (Å²) in [6.07, 6.45) is 3.69. The number of pyridine rings is 1. The van der Waals surface area contributed by atoms with E-state index >= 15 is 0 Å². The average molecular weight is 267 g/mol. The molecule has 1 atom stereocenters. The van der Waals surface area contributed by atoms with Crippen molar-refractivity contribution in [3.05, 3.63) is 54.4 Å². The third-order valence-corrected chi connectivity index (χ3v) is 3.80. The molecule has 1 saturated heterocycles. The Labute approximate surface area is 120 Å². The summed E-state index contributed by atoms with van der Waals surface area (Å²) in [5.74, 6) is 0. The maximum Gasteiger partial charge on any atom is 0.0273 e. The van der Waals surface area contributed by atoms with Crippen molar-refractivity contribution in [2.45, 2.75) is 19.5 Å². The lowest BCUT2D eigenvalue weighted by Gasteiger charge is -2.31. The molecule has 0 amide bonds. The zero-order valence-electron chi connectivity index (χ0n) is 11.9. The van der Waals surface area contributed by atoms with Crippen LogP contribution in [0.3, 0.4) is 0 Å². The molecule has 1 aliphatic heterocycles. The van der Waals surface area contributed by atoms with Crippen molar-refractivity contribution in [2.75, 3.05) is 19.6 Å². The standard InChI is InChI=1S/C17H21N3/c1-14-12-20(10-9-19-14)13-15-3-2-4-17(11-15)16-5-7-18-8-6-16/h2-8,11,14,19H,9-10,12-13H2,1H3/t14-/m1/s1. The van der Waals surface area contributed by atoms with Gasteiger partial charge < -0.3 is 5.32 Å². The van der Waals surface area contributed by atoms with Crippen LogP contribution in [0.15, 0.2) is 48.8 Å². The number of rotatable bonds is 3. The minimum atomic E-state index is 0.590. The second kappa shape index (κ2) is 6.16. The van der Waals surface area contributed by atoms with E-state index in [2.05, 4.69) is 58.5 Å².